The molecule has 0 saturated carbocycles. The quantitative estimate of drug-likeness (QED) is 0.790. The second kappa shape index (κ2) is 11.9. The van der Waals surface area contributed by atoms with E-state index < -0.39 is 18.2 Å². The molecule has 0 amide bonds. The molecule has 1 N–H and O–H groups in total. The van der Waals surface area contributed by atoms with E-state index in [1.54, 1.807) is 6.07 Å². The maximum absolute atomic E-state index is 7.84. The molecule has 0 spiro atoms. The summed E-state index contributed by atoms with van der Waals surface area (Å²) < 4.78 is 0. The van der Waals surface area contributed by atoms with Crippen LogP contribution < -0.4 is 0 Å². The third-order valence-corrected chi connectivity index (χ3v) is 0.224. The van der Waals surface area contributed by atoms with Crippen molar-refractivity contribution in [3.8, 4) is 6.07 Å². The Hall–Kier alpha value is 1.20. The topological polar surface area (TPSA) is 44.0 Å². The molecule has 0 saturated heterocycles. The molecule has 0 aliphatic carbocycles. The van der Waals surface area contributed by atoms with E-state index in [1.165, 1.54) is 0 Å². The first-order chi connectivity index (χ1) is 4.15. The Labute approximate surface area is 72.6 Å². The van der Waals surface area contributed by atoms with E-state index in [-0.39, 0.29) is 13.0 Å². The minimum atomic E-state index is -2.13. The van der Waals surface area contributed by atoms with Crippen molar-refractivity contribution in [3.05, 3.63) is 0 Å². The maximum atomic E-state index is 7.84. The standard InChI is InChI=1S/C3H5NO.3ClH.Zr/c4-2-1-3-5;;;;/h5H,1,3H2;3*1H;/q;;;;+3/p-3. The van der Waals surface area contributed by atoms with E-state index in [0.29, 0.717) is 0 Å². The zero-order valence-corrected chi connectivity index (χ0v) is 9.17. The summed E-state index contributed by atoms with van der Waals surface area (Å²) in [5.41, 5.74) is 0. The van der Waals surface area contributed by atoms with Gasteiger partial charge in [0.1, 0.15) is 0 Å². The van der Waals surface area contributed by atoms with Gasteiger partial charge in [0, 0.05) is 0 Å². The molecule has 0 unspecified atom stereocenters. The Morgan fingerprint density at radius 2 is 1.78 bits per heavy atom. The third kappa shape index (κ3) is 46.5. The summed E-state index contributed by atoms with van der Waals surface area (Å²) in [5, 5.41) is 15.5. The summed E-state index contributed by atoms with van der Waals surface area (Å²) in [6, 6.07) is 1.77. The summed E-state index contributed by atoms with van der Waals surface area (Å²) in [7, 11) is 15.0. The van der Waals surface area contributed by atoms with Gasteiger partial charge in [-0.15, -0.1) is 0 Å². The van der Waals surface area contributed by atoms with Gasteiger partial charge in [0.05, 0.1) is 19.1 Å². The number of nitriles is 1. The predicted molar refractivity (Wildman–Crippen MR) is 34.9 cm³/mol. The molecule has 0 rings (SSSR count). The summed E-state index contributed by atoms with van der Waals surface area (Å²) in [4.78, 5) is 0. The predicted octanol–water partition coefficient (Wildman–Crippen LogP) is 1.96. The molecule has 0 atom stereocenters. The van der Waals surface area contributed by atoms with E-state index >= 15 is 0 Å². The van der Waals surface area contributed by atoms with Crippen molar-refractivity contribution >= 4 is 25.5 Å². The minimum absolute atomic E-state index is 0.0174. The van der Waals surface area contributed by atoms with Gasteiger partial charge in [0.15, 0.2) is 0 Å². The molecule has 53 valence electrons. The van der Waals surface area contributed by atoms with Crippen LogP contribution in [0.1, 0.15) is 6.42 Å². The fourth-order valence-electron chi connectivity index (χ4n) is 0.0500. The molecule has 0 aliphatic rings. The van der Waals surface area contributed by atoms with E-state index in [4.69, 9.17) is 35.9 Å². The summed E-state index contributed by atoms with van der Waals surface area (Å²) in [5.74, 6) is 0. The monoisotopic (exact) mass is 266 g/mol. The van der Waals surface area contributed by atoms with Gasteiger partial charge in [0.2, 0.25) is 0 Å². The molecule has 0 aliphatic heterocycles. The first-order valence-corrected chi connectivity index (χ1v) is 11.5. The zero-order chi connectivity index (χ0) is 7.70. The van der Waals surface area contributed by atoms with E-state index in [2.05, 4.69) is 0 Å². The molecular weight excluding hydrogens is 264 g/mol. The average molecular weight is 269 g/mol. The van der Waals surface area contributed by atoms with Gasteiger partial charge in [-0.25, -0.2) is 0 Å². The SMILES string of the molecule is N#CCCO.[Cl][Zr]([Cl])[Cl]. The molecular formula is C3H5Cl3NOZr. The fraction of sp³-hybridized carbons (Fsp3) is 0.667. The second-order valence-corrected chi connectivity index (χ2v) is 12.0. The average Bonchev–Trinajstić information content (AvgIpc) is 1.66. The number of aliphatic hydroxyl groups is 1. The summed E-state index contributed by atoms with van der Waals surface area (Å²) in [6.07, 6.45) is 0.250. The van der Waals surface area contributed by atoms with Crippen molar-refractivity contribution in [1.29, 1.82) is 5.26 Å². The molecule has 0 fully saturated rings. The number of nitrogens with zero attached hydrogens (tertiary/aromatic N) is 1. The van der Waals surface area contributed by atoms with Gasteiger partial charge < -0.3 is 5.11 Å². The van der Waals surface area contributed by atoms with Crippen molar-refractivity contribution < 1.29 is 23.3 Å². The van der Waals surface area contributed by atoms with Crippen molar-refractivity contribution in [3.63, 3.8) is 0 Å². The van der Waals surface area contributed by atoms with Crippen molar-refractivity contribution in [2.45, 2.75) is 6.42 Å². The molecule has 0 aromatic carbocycles. The molecule has 6 heteroatoms. The van der Waals surface area contributed by atoms with Crippen LogP contribution in [0.4, 0.5) is 0 Å². The molecule has 0 bridgehead atoms. The molecule has 0 aromatic rings. The fourth-order valence-corrected chi connectivity index (χ4v) is 0.0500. The van der Waals surface area contributed by atoms with E-state index in [1.807, 2.05) is 0 Å². The van der Waals surface area contributed by atoms with Crippen molar-refractivity contribution in [2.75, 3.05) is 6.61 Å². The van der Waals surface area contributed by atoms with Crippen molar-refractivity contribution in [1.82, 2.24) is 0 Å². The Morgan fingerprint density at radius 1 is 1.44 bits per heavy atom. The van der Waals surface area contributed by atoms with Crippen molar-refractivity contribution in [2.24, 2.45) is 0 Å². The van der Waals surface area contributed by atoms with E-state index in [9.17, 15) is 0 Å². The number of rotatable bonds is 1. The van der Waals surface area contributed by atoms with Crippen LogP contribution in [0, 0.1) is 11.3 Å². The van der Waals surface area contributed by atoms with Crippen LogP contribution in [-0.2, 0) is 18.2 Å². The first kappa shape index (κ1) is 12.8. The summed E-state index contributed by atoms with van der Waals surface area (Å²) >= 11 is -2.13. The van der Waals surface area contributed by atoms with Crippen LogP contribution in [0.3, 0.4) is 0 Å². The normalized spacial score (nSPS) is 6.56. The van der Waals surface area contributed by atoms with Gasteiger partial charge in [-0.1, -0.05) is 0 Å². The number of aliphatic hydroxyl groups excluding tert-OH is 1. The van der Waals surface area contributed by atoms with Gasteiger partial charge in [-0.2, -0.15) is 5.26 Å². The van der Waals surface area contributed by atoms with Crippen LogP contribution in [0.15, 0.2) is 0 Å². The molecule has 0 radical (unpaired) electrons. The number of hydrogen-bond donors (Lipinski definition) is 1. The van der Waals surface area contributed by atoms with Crippen LogP contribution in [0.5, 0.6) is 0 Å². The molecule has 9 heavy (non-hydrogen) atoms. The molecule has 0 heterocycles. The Balaban J connectivity index is 0. The van der Waals surface area contributed by atoms with Gasteiger partial charge in [-0.05, 0) is 0 Å². The summed E-state index contributed by atoms with van der Waals surface area (Å²) in [6.45, 7) is -0.0174. The zero-order valence-electron chi connectivity index (χ0n) is 4.44. The van der Waals surface area contributed by atoms with Gasteiger partial charge in [-0.3, -0.25) is 0 Å². The van der Waals surface area contributed by atoms with E-state index in [0.717, 1.165) is 0 Å². The van der Waals surface area contributed by atoms with Crippen LogP contribution in [-0.4, -0.2) is 11.7 Å². The van der Waals surface area contributed by atoms with Crippen LogP contribution >= 0.6 is 25.5 Å². The third-order valence-electron chi connectivity index (χ3n) is 0.224. The van der Waals surface area contributed by atoms with Gasteiger partial charge in [0.25, 0.3) is 0 Å². The Kier molecular flexibility index (Phi) is 17.0. The number of halogens is 3. The molecule has 0 aromatic heterocycles. The molecule has 2 nitrogen and oxygen atoms in total. The van der Waals surface area contributed by atoms with Crippen LogP contribution in [0.2, 0.25) is 0 Å². The van der Waals surface area contributed by atoms with Crippen LogP contribution in [0.25, 0.3) is 0 Å². The first-order valence-electron chi connectivity index (χ1n) is 1.96. The number of hydrogen-bond acceptors (Lipinski definition) is 2. The van der Waals surface area contributed by atoms with Gasteiger partial charge >= 0.3 is 43.7 Å². The Bertz CT molecular complexity index is 80.9. The second-order valence-electron chi connectivity index (χ2n) is 0.846. The Morgan fingerprint density at radius 3 is 1.78 bits per heavy atom.